The number of aliphatic hydroxyl groups is 1. The number of hydrogen-bond donors (Lipinski definition) is 4. The summed E-state index contributed by atoms with van der Waals surface area (Å²) in [7, 11) is 0. The molecule has 0 bridgehead atoms. The van der Waals surface area contributed by atoms with Crippen molar-refractivity contribution in [3.05, 3.63) is 26.8 Å². The molecule has 0 aliphatic heterocycles. The molecular formula is C10H10ClIN2O4. The zero-order chi connectivity index (χ0) is 13.7. The van der Waals surface area contributed by atoms with Crippen LogP contribution in [0.2, 0.25) is 5.02 Å². The highest BCUT2D eigenvalue weighted by Gasteiger charge is 2.18. The zero-order valence-electron chi connectivity index (χ0n) is 8.98. The molecule has 0 unspecified atom stereocenters. The maximum absolute atomic E-state index is 11.5. The number of carboxylic acids is 1. The molecule has 6 nitrogen and oxygen atoms in total. The minimum Gasteiger partial charge on any atom is -0.480 e. The van der Waals surface area contributed by atoms with Gasteiger partial charge in [0.2, 0.25) is 0 Å². The quantitative estimate of drug-likeness (QED) is 0.592. The van der Waals surface area contributed by atoms with Gasteiger partial charge in [0.15, 0.2) is 6.04 Å². The maximum Gasteiger partial charge on any atom is 0.328 e. The molecule has 0 aliphatic rings. The van der Waals surface area contributed by atoms with Crippen molar-refractivity contribution in [2.45, 2.75) is 6.04 Å². The van der Waals surface area contributed by atoms with Crippen LogP contribution in [-0.2, 0) is 4.79 Å². The smallest absolute Gasteiger partial charge is 0.328 e. The predicted octanol–water partition coefficient (Wildman–Crippen LogP) is 1.51. The third-order valence-electron chi connectivity index (χ3n) is 1.97. The number of halogens is 2. The molecule has 1 atom stereocenters. The summed E-state index contributed by atoms with van der Waals surface area (Å²) in [5.74, 6) is -1.32. The molecule has 0 aromatic heterocycles. The highest BCUT2D eigenvalue weighted by atomic mass is 127. The number of carbonyl (C=O) groups excluding carboxylic acids is 1. The van der Waals surface area contributed by atoms with Crippen LogP contribution < -0.4 is 10.6 Å². The second-order valence-electron chi connectivity index (χ2n) is 3.30. The first-order chi connectivity index (χ1) is 8.43. The van der Waals surface area contributed by atoms with Gasteiger partial charge in [0.05, 0.1) is 17.3 Å². The summed E-state index contributed by atoms with van der Waals surface area (Å²) in [6.07, 6.45) is 0. The monoisotopic (exact) mass is 384 g/mol. The van der Waals surface area contributed by atoms with E-state index in [9.17, 15) is 9.59 Å². The van der Waals surface area contributed by atoms with Crippen molar-refractivity contribution in [3.63, 3.8) is 0 Å². The number of carbonyl (C=O) groups is 2. The van der Waals surface area contributed by atoms with E-state index in [0.717, 1.165) is 3.57 Å². The molecule has 0 spiro atoms. The molecule has 98 valence electrons. The van der Waals surface area contributed by atoms with Gasteiger partial charge in [-0.1, -0.05) is 11.6 Å². The highest BCUT2D eigenvalue weighted by molar-refractivity contribution is 14.1. The fraction of sp³-hybridized carbons (Fsp3) is 0.200. The van der Waals surface area contributed by atoms with Crippen LogP contribution in [0.5, 0.6) is 0 Å². The molecular weight excluding hydrogens is 374 g/mol. The molecule has 1 rings (SSSR count). The third-order valence-corrected chi connectivity index (χ3v) is 2.95. The van der Waals surface area contributed by atoms with Crippen LogP contribution in [0.25, 0.3) is 0 Å². The lowest BCUT2D eigenvalue weighted by Gasteiger charge is -2.13. The molecule has 4 N–H and O–H groups in total. The Morgan fingerprint density at radius 3 is 2.61 bits per heavy atom. The van der Waals surface area contributed by atoms with E-state index in [1.165, 1.54) is 0 Å². The lowest BCUT2D eigenvalue weighted by atomic mass is 10.3. The van der Waals surface area contributed by atoms with Gasteiger partial charge in [-0.05, 0) is 40.8 Å². The number of carboxylic acid groups (broad SMARTS) is 1. The number of nitrogens with one attached hydrogen (secondary N) is 2. The SMILES string of the molecule is O=C(Nc1ccc(I)cc1Cl)N[C@H](CO)C(=O)O. The average molecular weight is 385 g/mol. The van der Waals surface area contributed by atoms with Crippen LogP contribution in [0, 0.1) is 3.57 Å². The summed E-state index contributed by atoms with van der Waals surface area (Å²) in [6.45, 7) is -0.691. The number of aliphatic hydroxyl groups excluding tert-OH is 1. The summed E-state index contributed by atoms with van der Waals surface area (Å²) < 4.78 is 0.905. The van der Waals surface area contributed by atoms with Gasteiger partial charge in [0.25, 0.3) is 0 Å². The maximum atomic E-state index is 11.5. The second kappa shape index (κ2) is 6.76. The summed E-state index contributed by atoms with van der Waals surface area (Å²) in [5, 5.41) is 22.2. The molecule has 0 saturated carbocycles. The van der Waals surface area contributed by atoms with Crippen molar-refractivity contribution in [1.82, 2.24) is 5.32 Å². The Kier molecular flexibility index (Phi) is 5.63. The van der Waals surface area contributed by atoms with Crippen LogP contribution in [-0.4, -0.2) is 34.9 Å². The van der Waals surface area contributed by atoms with E-state index in [4.69, 9.17) is 21.8 Å². The molecule has 2 amide bonds. The summed E-state index contributed by atoms with van der Waals surface area (Å²) in [4.78, 5) is 22.1. The summed E-state index contributed by atoms with van der Waals surface area (Å²) in [5.41, 5.74) is 0.358. The summed E-state index contributed by atoms with van der Waals surface area (Å²) >= 11 is 7.96. The van der Waals surface area contributed by atoms with E-state index in [0.29, 0.717) is 10.7 Å². The largest absolute Gasteiger partial charge is 0.480 e. The topological polar surface area (TPSA) is 98.7 Å². The van der Waals surface area contributed by atoms with E-state index in [1.54, 1.807) is 18.2 Å². The van der Waals surface area contributed by atoms with E-state index in [-0.39, 0.29) is 0 Å². The van der Waals surface area contributed by atoms with Crippen molar-refractivity contribution in [2.75, 3.05) is 11.9 Å². The first-order valence-electron chi connectivity index (χ1n) is 4.80. The number of hydrogen-bond acceptors (Lipinski definition) is 3. The number of urea groups is 1. The first-order valence-corrected chi connectivity index (χ1v) is 6.26. The fourth-order valence-corrected chi connectivity index (χ4v) is 2.00. The Morgan fingerprint density at radius 1 is 1.44 bits per heavy atom. The van der Waals surface area contributed by atoms with Crippen molar-refractivity contribution < 1.29 is 19.8 Å². The van der Waals surface area contributed by atoms with Crippen molar-refractivity contribution >= 4 is 51.9 Å². The number of rotatable bonds is 4. The second-order valence-corrected chi connectivity index (χ2v) is 4.95. The Hall–Kier alpha value is -1.06. The lowest BCUT2D eigenvalue weighted by molar-refractivity contribution is -0.140. The Labute approximate surface area is 121 Å². The molecule has 0 heterocycles. The van der Waals surface area contributed by atoms with E-state index < -0.39 is 24.6 Å². The molecule has 0 aliphatic carbocycles. The Morgan fingerprint density at radius 2 is 2.11 bits per heavy atom. The van der Waals surface area contributed by atoms with E-state index in [1.807, 2.05) is 0 Å². The fourth-order valence-electron chi connectivity index (χ4n) is 1.09. The average Bonchev–Trinajstić information content (AvgIpc) is 2.29. The van der Waals surface area contributed by atoms with Crippen molar-refractivity contribution in [2.24, 2.45) is 0 Å². The van der Waals surface area contributed by atoms with Gasteiger partial charge in [0, 0.05) is 3.57 Å². The van der Waals surface area contributed by atoms with Gasteiger partial charge in [-0.2, -0.15) is 0 Å². The van der Waals surface area contributed by atoms with Gasteiger partial charge >= 0.3 is 12.0 Å². The van der Waals surface area contributed by atoms with Crippen LogP contribution in [0.1, 0.15) is 0 Å². The molecule has 0 saturated heterocycles. The van der Waals surface area contributed by atoms with Gasteiger partial charge in [-0.15, -0.1) is 0 Å². The molecule has 1 aromatic carbocycles. The molecule has 18 heavy (non-hydrogen) atoms. The normalized spacial score (nSPS) is 11.7. The third kappa shape index (κ3) is 4.31. The standard InChI is InChI=1S/C10H10ClIN2O4/c11-6-3-5(12)1-2-7(6)13-10(18)14-8(4-15)9(16)17/h1-3,8,15H,4H2,(H,16,17)(H2,13,14,18)/t8-/m1/s1. The first kappa shape index (κ1) is 15.0. The Bertz CT molecular complexity index is 469. The van der Waals surface area contributed by atoms with Gasteiger partial charge in [0.1, 0.15) is 0 Å². The minimum atomic E-state index is -1.35. The number of benzene rings is 1. The number of amides is 2. The molecule has 1 aromatic rings. The van der Waals surface area contributed by atoms with Gasteiger partial charge < -0.3 is 20.8 Å². The van der Waals surface area contributed by atoms with Crippen LogP contribution in [0.4, 0.5) is 10.5 Å². The molecule has 0 fully saturated rings. The molecule has 0 radical (unpaired) electrons. The van der Waals surface area contributed by atoms with E-state index in [2.05, 4.69) is 33.2 Å². The zero-order valence-corrected chi connectivity index (χ0v) is 11.9. The summed E-state index contributed by atoms with van der Waals surface area (Å²) in [6, 6.07) is 2.88. The Balaban J connectivity index is 2.67. The van der Waals surface area contributed by atoms with E-state index >= 15 is 0 Å². The van der Waals surface area contributed by atoms with Gasteiger partial charge in [-0.25, -0.2) is 9.59 Å². The van der Waals surface area contributed by atoms with Crippen LogP contribution in [0.15, 0.2) is 18.2 Å². The predicted molar refractivity (Wildman–Crippen MR) is 74.8 cm³/mol. The van der Waals surface area contributed by atoms with Gasteiger partial charge in [-0.3, -0.25) is 0 Å². The number of aliphatic carboxylic acids is 1. The lowest BCUT2D eigenvalue weighted by Crippen LogP contribution is -2.45. The minimum absolute atomic E-state index is 0.341. The highest BCUT2D eigenvalue weighted by Crippen LogP contribution is 2.23. The molecule has 8 heteroatoms. The van der Waals surface area contributed by atoms with Crippen LogP contribution in [0.3, 0.4) is 0 Å². The van der Waals surface area contributed by atoms with Crippen LogP contribution >= 0.6 is 34.2 Å². The van der Waals surface area contributed by atoms with Crippen molar-refractivity contribution in [1.29, 1.82) is 0 Å². The number of anilines is 1. The van der Waals surface area contributed by atoms with Crippen molar-refractivity contribution in [3.8, 4) is 0 Å².